The van der Waals surface area contributed by atoms with Gasteiger partial charge >= 0.3 is 0 Å². The van der Waals surface area contributed by atoms with Crippen LogP contribution in [0.15, 0.2) is 5.38 Å². The Labute approximate surface area is 120 Å². The van der Waals surface area contributed by atoms with Crippen LogP contribution in [0.5, 0.6) is 0 Å². The molecule has 5 heteroatoms. The highest BCUT2D eigenvalue weighted by Crippen LogP contribution is 2.17. The van der Waals surface area contributed by atoms with Crippen molar-refractivity contribution < 1.29 is 4.74 Å². The number of nitrogens with one attached hydrogen (secondary N) is 1. The summed E-state index contributed by atoms with van der Waals surface area (Å²) < 4.78 is 5.39. The molecule has 0 aliphatic carbocycles. The lowest BCUT2D eigenvalue weighted by atomic mass is 10.1. The highest BCUT2D eigenvalue weighted by molar-refractivity contribution is 7.09. The summed E-state index contributed by atoms with van der Waals surface area (Å²) in [4.78, 5) is 7.12. The zero-order valence-corrected chi connectivity index (χ0v) is 13.2. The van der Waals surface area contributed by atoms with Crippen molar-refractivity contribution in [3.8, 4) is 0 Å². The summed E-state index contributed by atoms with van der Waals surface area (Å²) in [5.41, 5.74) is 1.33. The van der Waals surface area contributed by atoms with Crippen molar-refractivity contribution in [2.24, 2.45) is 0 Å². The van der Waals surface area contributed by atoms with Crippen LogP contribution in [0.4, 0.5) is 0 Å². The second kappa shape index (κ2) is 6.31. The maximum atomic E-state index is 5.39. The van der Waals surface area contributed by atoms with Gasteiger partial charge in [0.2, 0.25) is 0 Å². The second-order valence-corrected chi connectivity index (χ2v) is 7.16. The van der Waals surface area contributed by atoms with E-state index >= 15 is 0 Å². The monoisotopic (exact) mass is 283 g/mol. The fourth-order valence-electron chi connectivity index (χ4n) is 2.21. The molecule has 1 aromatic heterocycles. The van der Waals surface area contributed by atoms with Gasteiger partial charge < -0.3 is 10.1 Å². The molecule has 0 bridgehead atoms. The minimum Gasteiger partial charge on any atom is -0.380 e. The zero-order valence-electron chi connectivity index (χ0n) is 12.4. The largest absolute Gasteiger partial charge is 0.380 e. The van der Waals surface area contributed by atoms with Crippen molar-refractivity contribution in [2.45, 2.75) is 51.9 Å². The first-order valence-corrected chi connectivity index (χ1v) is 7.78. The van der Waals surface area contributed by atoms with E-state index in [2.05, 4.69) is 36.4 Å². The molecule has 19 heavy (non-hydrogen) atoms. The molecule has 1 N–H and O–H groups in total. The van der Waals surface area contributed by atoms with Gasteiger partial charge in [-0.3, -0.25) is 4.90 Å². The van der Waals surface area contributed by atoms with Crippen LogP contribution in [0.2, 0.25) is 0 Å². The first-order chi connectivity index (χ1) is 8.96. The van der Waals surface area contributed by atoms with Gasteiger partial charge in [-0.25, -0.2) is 4.98 Å². The fourth-order valence-corrected chi connectivity index (χ4v) is 2.93. The van der Waals surface area contributed by atoms with E-state index in [9.17, 15) is 0 Å². The van der Waals surface area contributed by atoms with Crippen molar-refractivity contribution in [1.82, 2.24) is 15.2 Å². The molecule has 1 unspecified atom stereocenters. The van der Waals surface area contributed by atoms with E-state index in [0.717, 1.165) is 32.6 Å². The number of hydrogen-bond acceptors (Lipinski definition) is 5. The van der Waals surface area contributed by atoms with E-state index in [1.54, 1.807) is 18.4 Å². The van der Waals surface area contributed by atoms with Crippen molar-refractivity contribution >= 4 is 11.3 Å². The van der Waals surface area contributed by atoms with Crippen LogP contribution in [0, 0.1) is 0 Å². The minimum absolute atomic E-state index is 0.145. The van der Waals surface area contributed by atoms with Crippen molar-refractivity contribution in [2.75, 3.05) is 20.2 Å². The van der Waals surface area contributed by atoms with Gasteiger partial charge in [-0.1, -0.05) is 0 Å². The average Bonchev–Trinajstić information content (AvgIpc) is 2.95. The highest BCUT2D eigenvalue weighted by atomic mass is 32.1. The molecule has 2 rings (SSSR count). The number of aromatic nitrogens is 1. The molecule has 0 amide bonds. The van der Waals surface area contributed by atoms with Crippen LogP contribution < -0.4 is 5.32 Å². The van der Waals surface area contributed by atoms with Gasteiger partial charge in [-0.05, 0) is 27.2 Å². The maximum Gasteiger partial charge on any atom is 0.107 e. The van der Waals surface area contributed by atoms with Crippen LogP contribution in [0.1, 0.15) is 37.9 Å². The first kappa shape index (κ1) is 14.9. The average molecular weight is 283 g/mol. The SMILES string of the molecule is COC1CCN(Cc2csc(CNC(C)(C)C)n2)C1. The molecule has 1 saturated heterocycles. The molecule has 2 heterocycles. The number of methoxy groups -OCH3 is 1. The Morgan fingerprint density at radius 3 is 2.95 bits per heavy atom. The molecule has 1 aromatic rings. The number of nitrogens with zero attached hydrogens (tertiary/aromatic N) is 2. The van der Waals surface area contributed by atoms with Crippen molar-refractivity contribution in [3.05, 3.63) is 16.1 Å². The summed E-state index contributed by atoms with van der Waals surface area (Å²) in [6.45, 7) is 10.5. The van der Waals surface area contributed by atoms with Gasteiger partial charge in [0.05, 0.1) is 11.8 Å². The predicted octanol–water partition coefficient (Wildman–Crippen LogP) is 2.25. The van der Waals surface area contributed by atoms with Crippen LogP contribution in [0.3, 0.4) is 0 Å². The van der Waals surface area contributed by atoms with E-state index in [-0.39, 0.29) is 5.54 Å². The Morgan fingerprint density at radius 2 is 2.32 bits per heavy atom. The van der Waals surface area contributed by atoms with E-state index in [1.165, 1.54) is 10.7 Å². The third-order valence-electron chi connectivity index (χ3n) is 3.32. The molecule has 1 aliphatic rings. The van der Waals surface area contributed by atoms with E-state index in [4.69, 9.17) is 9.72 Å². The van der Waals surface area contributed by atoms with E-state index in [1.807, 2.05) is 0 Å². The molecule has 0 saturated carbocycles. The van der Waals surface area contributed by atoms with Crippen molar-refractivity contribution in [3.63, 3.8) is 0 Å². The third kappa shape index (κ3) is 4.84. The summed E-state index contributed by atoms with van der Waals surface area (Å²) in [5, 5.41) is 6.83. The van der Waals surface area contributed by atoms with Gasteiger partial charge in [-0.15, -0.1) is 11.3 Å². The normalized spacial score (nSPS) is 21.2. The molecule has 1 aliphatic heterocycles. The Balaban J connectivity index is 1.81. The summed E-state index contributed by atoms with van der Waals surface area (Å²) in [5.74, 6) is 0. The summed E-state index contributed by atoms with van der Waals surface area (Å²) in [7, 11) is 1.80. The van der Waals surface area contributed by atoms with Crippen molar-refractivity contribution in [1.29, 1.82) is 0 Å². The molecule has 1 fully saturated rings. The Kier molecular flexibility index (Phi) is 4.95. The number of rotatable bonds is 5. The van der Waals surface area contributed by atoms with Crippen LogP contribution in [0.25, 0.3) is 0 Å². The molecular weight excluding hydrogens is 258 g/mol. The maximum absolute atomic E-state index is 5.39. The lowest BCUT2D eigenvalue weighted by molar-refractivity contribution is 0.107. The minimum atomic E-state index is 0.145. The van der Waals surface area contributed by atoms with Crippen LogP contribution in [-0.2, 0) is 17.8 Å². The number of likely N-dealkylation sites (tertiary alicyclic amines) is 1. The second-order valence-electron chi connectivity index (χ2n) is 6.22. The zero-order chi connectivity index (χ0) is 13.9. The Morgan fingerprint density at radius 1 is 1.53 bits per heavy atom. The predicted molar refractivity (Wildman–Crippen MR) is 79.4 cm³/mol. The first-order valence-electron chi connectivity index (χ1n) is 6.90. The standard InChI is InChI=1S/C14H25N3OS/c1-14(2,3)15-7-13-16-11(10-19-13)8-17-6-5-12(9-17)18-4/h10,12,15H,5-9H2,1-4H3. The number of thiazole rings is 1. The third-order valence-corrected chi connectivity index (χ3v) is 4.21. The fraction of sp³-hybridized carbons (Fsp3) is 0.786. The van der Waals surface area contributed by atoms with E-state index < -0.39 is 0 Å². The molecule has 1 atom stereocenters. The van der Waals surface area contributed by atoms with Gasteiger partial charge in [-0.2, -0.15) is 0 Å². The molecule has 4 nitrogen and oxygen atoms in total. The van der Waals surface area contributed by atoms with Gasteiger partial charge in [0, 0.05) is 44.2 Å². The highest BCUT2D eigenvalue weighted by Gasteiger charge is 2.22. The van der Waals surface area contributed by atoms with E-state index in [0.29, 0.717) is 6.10 Å². The summed E-state index contributed by atoms with van der Waals surface area (Å²) in [6, 6.07) is 0. The lowest BCUT2D eigenvalue weighted by Crippen LogP contribution is -2.35. The van der Waals surface area contributed by atoms with Gasteiger partial charge in [0.1, 0.15) is 5.01 Å². The Hall–Kier alpha value is -0.490. The lowest BCUT2D eigenvalue weighted by Gasteiger charge is -2.19. The summed E-state index contributed by atoms with van der Waals surface area (Å²) >= 11 is 1.75. The smallest absolute Gasteiger partial charge is 0.107 e. The number of hydrogen-bond donors (Lipinski definition) is 1. The molecule has 0 aromatic carbocycles. The number of ether oxygens (including phenoxy) is 1. The molecule has 0 spiro atoms. The van der Waals surface area contributed by atoms with Gasteiger partial charge in [0.25, 0.3) is 0 Å². The Bertz CT molecular complexity index is 400. The van der Waals surface area contributed by atoms with Crippen LogP contribution in [-0.4, -0.2) is 41.7 Å². The molecule has 108 valence electrons. The molecule has 0 radical (unpaired) electrons. The summed E-state index contributed by atoms with van der Waals surface area (Å²) in [6.07, 6.45) is 1.54. The van der Waals surface area contributed by atoms with Crippen LogP contribution >= 0.6 is 11.3 Å². The topological polar surface area (TPSA) is 37.4 Å². The van der Waals surface area contributed by atoms with Gasteiger partial charge in [0.15, 0.2) is 0 Å². The molecular formula is C14H25N3OS. The quantitative estimate of drug-likeness (QED) is 0.899.